The summed E-state index contributed by atoms with van der Waals surface area (Å²) in [5, 5.41) is 0. The monoisotopic (exact) mass is 226 g/mol. The number of hydrogen-bond donors (Lipinski definition) is 0. The normalized spacial score (nSPS) is 11.6. The first-order chi connectivity index (χ1) is 5.95. The SMILES string of the molecule is O=S(=O)(Cl)c1ccc(CF)c(F)c1. The Morgan fingerprint density at radius 2 is 2.00 bits per heavy atom. The number of benzene rings is 1. The van der Waals surface area contributed by atoms with Crippen LogP contribution in [0.15, 0.2) is 23.1 Å². The number of hydrogen-bond acceptors (Lipinski definition) is 2. The summed E-state index contributed by atoms with van der Waals surface area (Å²) in [6, 6.07) is 2.79. The van der Waals surface area contributed by atoms with Gasteiger partial charge >= 0.3 is 0 Å². The number of alkyl halides is 1. The van der Waals surface area contributed by atoms with Crippen molar-refractivity contribution in [3.63, 3.8) is 0 Å². The zero-order valence-electron chi connectivity index (χ0n) is 6.30. The van der Waals surface area contributed by atoms with Crippen LogP contribution in [-0.4, -0.2) is 8.42 Å². The molecule has 72 valence electrons. The predicted molar refractivity (Wildman–Crippen MR) is 44.3 cm³/mol. The third-order valence-corrected chi connectivity index (χ3v) is 2.80. The molecule has 0 heterocycles. The van der Waals surface area contributed by atoms with E-state index in [1.807, 2.05) is 0 Å². The number of halogens is 3. The summed E-state index contributed by atoms with van der Waals surface area (Å²) in [7, 11) is 0.997. The molecule has 0 aliphatic heterocycles. The van der Waals surface area contributed by atoms with Crippen molar-refractivity contribution in [2.24, 2.45) is 0 Å². The molecule has 0 atom stereocenters. The second kappa shape index (κ2) is 3.59. The second-order valence-electron chi connectivity index (χ2n) is 2.32. The molecular formula is C7H5ClF2O2S. The van der Waals surface area contributed by atoms with E-state index in [1.54, 1.807) is 0 Å². The van der Waals surface area contributed by atoms with Crippen LogP contribution in [0.4, 0.5) is 8.78 Å². The van der Waals surface area contributed by atoms with Gasteiger partial charge in [0.15, 0.2) is 0 Å². The van der Waals surface area contributed by atoms with Crippen LogP contribution in [0.5, 0.6) is 0 Å². The van der Waals surface area contributed by atoms with Gasteiger partial charge in [0.2, 0.25) is 0 Å². The Balaban J connectivity index is 3.26. The molecule has 0 spiro atoms. The summed E-state index contributed by atoms with van der Waals surface area (Å²) < 4.78 is 46.2. The molecule has 1 rings (SSSR count). The molecule has 0 aliphatic rings. The second-order valence-corrected chi connectivity index (χ2v) is 4.89. The highest BCUT2D eigenvalue weighted by molar-refractivity contribution is 8.13. The van der Waals surface area contributed by atoms with Crippen LogP contribution in [-0.2, 0) is 15.7 Å². The molecule has 0 saturated heterocycles. The van der Waals surface area contributed by atoms with E-state index in [0.717, 1.165) is 12.1 Å². The minimum Gasteiger partial charge on any atom is -0.246 e. The summed E-state index contributed by atoms with van der Waals surface area (Å²) in [5.74, 6) is -0.913. The molecule has 1 aromatic carbocycles. The van der Waals surface area contributed by atoms with E-state index >= 15 is 0 Å². The van der Waals surface area contributed by atoms with Gasteiger partial charge in [-0.05, 0) is 12.1 Å². The largest absolute Gasteiger partial charge is 0.261 e. The van der Waals surface area contributed by atoms with E-state index < -0.39 is 21.5 Å². The third kappa shape index (κ3) is 2.38. The van der Waals surface area contributed by atoms with Gasteiger partial charge in [0.25, 0.3) is 9.05 Å². The van der Waals surface area contributed by atoms with Gasteiger partial charge in [0.1, 0.15) is 12.5 Å². The van der Waals surface area contributed by atoms with Crippen LogP contribution < -0.4 is 0 Å². The van der Waals surface area contributed by atoms with Crippen LogP contribution in [0.2, 0.25) is 0 Å². The maximum Gasteiger partial charge on any atom is 0.261 e. The molecule has 0 saturated carbocycles. The summed E-state index contributed by atoms with van der Waals surface area (Å²) in [6.45, 7) is -0.978. The van der Waals surface area contributed by atoms with Crippen LogP contribution in [0.25, 0.3) is 0 Å². The van der Waals surface area contributed by atoms with Crippen molar-refractivity contribution in [1.82, 2.24) is 0 Å². The summed E-state index contributed by atoms with van der Waals surface area (Å²) >= 11 is 0. The standard InChI is InChI=1S/C7H5ClF2O2S/c8-13(11,12)6-2-1-5(4-9)7(10)3-6/h1-3H,4H2. The minimum atomic E-state index is -3.94. The van der Waals surface area contributed by atoms with Crippen molar-refractivity contribution >= 4 is 19.7 Å². The first-order valence-electron chi connectivity index (χ1n) is 3.24. The molecular weight excluding hydrogens is 222 g/mol. The molecule has 0 N–H and O–H groups in total. The lowest BCUT2D eigenvalue weighted by Crippen LogP contribution is -1.94. The van der Waals surface area contributed by atoms with Crippen molar-refractivity contribution in [3.8, 4) is 0 Å². The Bertz CT molecular complexity index is 417. The van der Waals surface area contributed by atoms with E-state index in [4.69, 9.17) is 10.7 Å². The van der Waals surface area contributed by atoms with Gasteiger partial charge in [-0.1, -0.05) is 6.07 Å². The third-order valence-electron chi connectivity index (χ3n) is 1.45. The van der Waals surface area contributed by atoms with Gasteiger partial charge in [-0.2, -0.15) is 0 Å². The molecule has 0 unspecified atom stereocenters. The summed E-state index contributed by atoms with van der Waals surface area (Å²) in [4.78, 5) is -0.371. The van der Waals surface area contributed by atoms with Crippen molar-refractivity contribution in [3.05, 3.63) is 29.6 Å². The molecule has 6 heteroatoms. The molecule has 0 bridgehead atoms. The van der Waals surface area contributed by atoms with E-state index in [1.165, 1.54) is 0 Å². The van der Waals surface area contributed by atoms with E-state index in [-0.39, 0.29) is 10.5 Å². The van der Waals surface area contributed by atoms with E-state index in [2.05, 4.69) is 0 Å². The Kier molecular flexibility index (Phi) is 2.87. The van der Waals surface area contributed by atoms with Crippen LogP contribution in [0.3, 0.4) is 0 Å². The molecule has 13 heavy (non-hydrogen) atoms. The highest BCUT2D eigenvalue weighted by Gasteiger charge is 2.12. The first-order valence-corrected chi connectivity index (χ1v) is 5.55. The van der Waals surface area contributed by atoms with Gasteiger partial charge in [-0.15, -0.1) is 0 Å². The van der Waals surface area contributed by atoms with Gasteiger partial charge < -0.3 is 0 Å². The fraction of sp³-hybridized carbons (Fsp3) is 0.143. The van der Waals surface area contributed by atoms with Crippen LogP contribution in [0, 0.1) is 5.82 Å². The quantitative estimate of drug-likeness (QED) is 0.725. The van der Waals surface area contributed by atoms with Crippen molar-refractivity contribution in [1.29, 1.82) is 0 Å². The zero-order valence-corrected chi connectivity index (χ0v) is 7.87. The Labute approximate surface area is 78.6 Å². The van der Waals surface area contributed by atoms with E-state index in [9.17, 15) is 17.2 Å². The van der Waals surface area contributed by atoms with Crippen LogP contribution in [0.1, 0.15) is 5.56 Å². The fourth-order valence-electron chi connectivity index (χ4n) is 0.788. The number of rotatable bonds is 2. The van der Waals surface area contributed by atoms with Crippen molar-refractivity contribution in [2.75, 3.05) is 0 Å². The van der Waals surface area contributed by atoms with Gasteiger partial charge in [0.05, 0.1) is 4.90 Å². The molecule has 2 nitrogen and oxygen atoms in total. The Hall–Kier alpha value is -0.680. The highest BCUT2D eigenvalue weighted by Crippen LogP contribution is 2.18. The first kappa shape index (κ1) is 10.4. The van der Waals surface area contributed by atoms with E-state index in [0.29, 0.717) is 6.07 Å². The topological polar surface area (TPSA) is 34.1 Å². The molecule has 0 fully saturated rings. The van der Waals surface area contributed by atoms with Crippen molar-refractivity contribution < 1.29 is 17.2 Å². The zero-order chi connectivity index (χ0) is 10.1. The summed E-state index contributed by atoms with van der Waals surface area (Å²) in [6.07, 6.45) is 0. The average molecular weight is 227 g/mol. The lowest BCUT2D eigenvalue weighted by molar-refractivity contribution is 0.463. The molecule has 0 radical (unpaired) electrons. The molecule has 0 amide bonds. The van der Waals surface area contributed by atoms with Crippen LogP contribution >= 0.6 is 10.7 Å². The van der Waals surface area contributed by atoms with Gasteiger partial charge in [-0.25, -0.2) is 17.2 Å². The van der Waals surface area contributed by atoms with Gasteiger partial charge in [0, 0.05) is 16.2 Å². The fourth-order valence-corrected chi connectivity index (χ4v) is 1.55. The lowest BCUT2D eigenvalue weighted by atomic mass is 10.2. The highest BCUT2D eigenvalue weighted by atomic mass is 35.7. The Morgan fingerprint density at radius 3 is 2.38 bits per heavy atom. The van der Waals surface area contributed by atoms with Gasteiger partial charge in [-0.3, -0.25) is 0 Å². The Morgan fingerprint density at radius 1 is 1.38 bits per heavy atom. The minimum absolute atomic E-state index is 0.191. The lowest BCUT2D eigenvalue weighted by Gasteiger charge is -1.99. The molecule has 0 aliphatic carbocycles. The smallest absolute Gasteiger partial charge is 0.246 e. The average Bonchev–Trinajstić information content (AvgIpc) is 2.02. The van der Waals surface area contributed by atoms with Crippen molar-refractivity contribution in [2.45, 2.75) is 11.6 Å². The predicted octanol–water partition coefficient (Wildman–Crippen LogP) is 2.22. The maximum absolute atomic E-state index is 12.8. The maximum atomic E-state index is 12.8. The summed E-state index contributed by atoms with van der Waals surface area (Å²) in [5.41, 5.74) is -0.191. The molecule has 1 aromatic rings. The molecule has 0 aromatic heterocycles.